The van der Waals surface area contributed by atoms with E-state index in [-0.39, 0.29) is 5.54 Å². The summed E-state index contributed by atoms with van der Waals surface area (Å²) in [7, 11) is 0. The smallest absolute Gasteiger partial charge is 0.134 e. The molecule has 0 amide bonds. The van der Waals surface area contributed by atoms with Crippen LogP contribution in [0.4, 0.5) is 0 Å². The second-order valence-electron chi connectivity index (χ2n) is 7.50. The maximum Gasteiger partial charge on any atom is 0.134 e. The van der Waals surface area contributed by atoms with Crippen molar-refractivity contribution in [2.45, 2.75) is 57.9 Å². The zero-order chi connectivity index (χ0) is 14.9. The van der Waals surface area contributed by atoms with Crippen LogP contribution in [0.2, 0.25) is 0 Å². The predicted octanol–water partition coefficient (Wildman–Crippen LogP) is 2.47. The van der Waals surface area contributed by atoms with E-state index in [0.29, 0.717) is 11.8 Å². The van der Waals surface area contributed by atoms with E-state index in [4.69, 9.17) is 9.72 Å². The second kappa shape index (κ2) is 6.01. The standard InChI is InChI=1S/C17H27N3O/c1-17(2,3)19-9-12-4-5-15-14(8-12)10-18-16(20-15)13-6-7-21-11-13/h10,12-13,19H,4-9,11H2,1-3H3. The van der Waals surface area contributed by atoms with E-state index in [1.807, 2.05) is 0 Å². The SMILES string of the molecule is CC(C)(C)NCC1CCc2nc(C3CCOC3)ncc2C1. The van der Waals surface area contributed by atoms with Gasteiger partial charge in [0.25, 0.3) is 0 Å². The van der Waals surface area contributed by atoms with E-state index in [9.17, 15) is 0 Å². The van der Waals surface area contributed by atoms with Gasteiger partial charge in [-0.3, -0.25) is 0 Å². The van der Waals surface area contributed by atoms with Crippen molar-refractivity contribution in [3.05, 3.63) is 23.3 Å². The minimum atomic E-state index is 0.198. The first-order valence-corrected chi connectivity index (χ1v) is 8.19. The molecule has 1 N–H and O–H groups in total. The van der Waals surface area contributed by atoms with Crippen molar-refractivity contribution >= 4 is 0 Å². The van der Waals surface area contributed by atoms with Crippen LogP contribution in [-0.2, 0) is 17.6 Å². The highest BCUT2D eigenvalue weighted by Crippen LogP contribution is 2.27. The highest BCUT2D eigenvalue weighted by molar-refractivity contribution is 5.22. The molecule has 2 heterocycles. The van der Waals surface area contributed by atoms with Crippen LogP contribution in [0, 0.1) is 5.92 Å². The molecule has 1 aliphatic heterocycles. The van der Waals surface area contributed by atoms with E-state index >= 15 is 0 Å². The first kappa shape index (κ1) is 14.9. The molecular weight excluding hydrogens is 262 g/mol. The fraction of sp³-hybridized carbons (Fsp3) is 0.765. The van der Waals surface area contributed by atoms with Gasteiger partial charge in [-0.15, -0.1) is 0 Å². The highest BCUT2D eigenvalue weighted by Gasteiger charge is 2.25. The van der Waals surface area contributed by atoms with Gasteiger partial charge >= 0.3 is 0 Å². The van der Waals surface area contributed by atoms with E-state index in [1.165, 1.54) is 17.7 Å². The van der Waals surface area contributed by atoms with Gasteiger partial charge in [0.2, 0.25) is 0 Å². The lowest BCUT2D eigenvalue weighted by molar-refractivity contribution is 0.193. The largest absolute Gasteiger partial charge is 0.381 e. The molecule has 116 valence electrons. The van der Waals surface area contributed by atoms with Crippen LogP contribution < -0.4 is 5.32 Å². The lowest BCUT2D eigenvalue weighted by Gasteiger charge is -2.28. The summed E-state index contributed by atoms with van der Waals surface area (Å²) in [6.45, 7) is 9.40. The van der Waals surface area contributed by atoms with Gasteiger partial charge in [0.05, 0.1) is 6.61 Å². The molecule has 1 fully saturated rings. The summed E-state index contributed by atoms with van der Waals surface area (Å²) >= 11 is 0. The molecule has 0 aromatic carbocycles. The molecule has 1 aliphatic carbocycles. The Balaban J connectivity index is 1.64. The average molecular weight is 289 g/mol. The normalized spacial score (nSPS) is 25.9. The number of hydrogen-bond acceptors (Lipinski definition) is 4. The molecule has 3 rings (SSSR count). The number of aromatic nitrogens is 2. The molecule has 2 unspecified atom stereocenters. The Bertz CT molecular complexity index is 489. The van der Waals surface area contributed by atoms with Gasteiger partial charge in [0.1, 0.15) is 5.82 Å². The fourth-order valence-electron chi connectivity index (χ4n) is 3.16. The number of aryl methyl sites for hydroxylation is 1. The van der Waals surface area contributed by atoms with E-state index < -0.39 is 0 Å². The molecular formula is C17H27N3O. The van der Waals surface area contributed by atoms with Crippen molar-refractivity contribution in [3.63, 3.8) is 0 Å². The Morgan fingerprint density at radius 2 is 2.19 bits per heavy atom. The maximum absolute atomic E-state index is 5.45. The Morgan fingerprint density at radius 1 is 1.33 bits per heavy atom. The molecule has 0 bridgehead atoms. The molecule has 0 spiro atoms. The lowest BCUT2D eigenvalue weighted by Crippen LogP contribution is -2.40. The van der Waals surface area contributed by atoms with Gasteiger partial charge in [0.15, 0.2) is 0 Å². The van der Waals surface area contributed by atoms with Crippen LogP contribution in [0.15, 0.2) is 6.20 Å². The lowest BCUT2D eigenvalue weighted by atomic mass is 9.86. The van der Waals surface area contributed by atoms with Crippen LogP contribution >= 0.6 is 0 Å². The molecule has 2 atom stereocenters. The number of fused-ring (bicyclic) bond motifs is 1. The summed E-state index contributed by atoms with van der Waals surface area (Å²) in [5.41, 5.74) is 2.83. The minimum Gasteiger partial charge on any atom is -0.381 e. The number of nitrogens with one attached hydrogen (secondary N) is 1. The van der Waals surface area contributed by atoms with Gasteiger partial charge in [0, 0.05) is 30.0 Å². The number of rotatable bonds is 3. The Morgan fingerprint density at radius 3 is 2.90 bits per heavy atom. The van der Waals surface area contributed by atoms with Crippen LogP contribution in [0.5, 0.6) is 0 Å². The molecule has 1 aromatic rings. The van der Waals surface area contributed by atoms with E-state index in [0.717, 1.165) is 44.8 Å². The molecule has 1 saturated heterocycles. The van der Waals surface area contributed by atoms with Crippen LogP contribution in [0.3, 0.4) is 0 Å². The number of ether oxygens (including phenoxy) is 1. The first-order chi connectivity index (χ1) is 10.0. The van der Waals surface area contributed by atoms with Crippen molar-refractivity contribution in [2.24, 2.45) is 5.92 Å². The predicted molar refractivity (Wildman–Crippen MR) is 83.5 cm³/mol. The van der Waals surface area contributed by atoms with Crippen molar-refractivity contribution in [1.29, 1.82) is 0 Å². The summed E-state index contributed by atoms with van der Waals surface area (Å²) in [6.07, 6.45) is 6.57. The summed E-state index contributed by atoms with van der Waals surface area (Å²) in [4.78, 5) is 9.43. The van der Waals surface area contributed by atoms with Gasteiger partial charge in [-0.1, -0.05) is 0 Å². The molecule has 1 aromatic heterocycles. The summed E-state index contributed by atoms with van der Waals surface area (Å²) in [6, 6.07) is 0. The average Bonchev–Trinajstić information content (AvgIpc) is 2.98. The van der Waals surface area contributed by atoms with Gasteiger partial charge < -0.3 is 10.1 Å². The van der Waals surface area contributed by atoms with Crippen molar-refractivity contribution in [3.8, 4) is 0 Å². The zero-order valence-electron chi connectivity index (χ0n) is 13.5. The maximum atomic E-state index is 5.45. The van der Waals surface area contributed by atoms with E-state index in [1.54, 1.807) is 0 Å². The summed E-state index contributed by atoms with van der Waals surface area (Å²) < 4.78 is 5.45. The highest BCUT2D eigenvalue weighted by atomic mass is 16.5. The monoisotopic (exact) mass is 289 g/mol. The summed E-state index contributed by atoms with van der Waals surface area (Å²) in [5.74, 6) is 2.12. The number of hydrogen-bond donors (Lipinski definition) is 1. The van der Waals surface area contributed by atoms with Crippen LogP contribution in [0.1, 0.15) is 56.6 Å². The summed E-state index contributed by atoms with van der Waals surface area (Å²) in [5, 5.41) is 3.62. The Labute approximate surface area is 127 Å². The molecule has 0 saturated carbocycles. The van der Waals surface area contributed by atoms with E-state index in [2.05, 4.69) is 37.3 Å². The topological polar surface area (TPSA) is 47.0 Å². The van der Waals surface area contributed by atoms with Crippen LogP contribution in [0.25, 0.3) is 0 Å². The van der Waals surface area contributed by atoms with Gasteiger partial charge in [-0.25, -0.2) is 9.97 Å². The molecule has 2 aliphatic rings. The van der Waals surface area contributed by atoms with Crippen molar-refractivity contribution in [1.82, 2.24) is 15.3 Å². The van der Waals surface area contributed by atoms with Crippen LogP contribution in [-0.4, -0.2) is 35.3 Å². The Hall–Kier alpha value is -1.00. The Kier molecular flexibility index (Phi) is 4.27. The van der Waals surface area contributed by atoms with Gasteiger partial charge in [-0.2, -0.15) is 0 Å². The zero-order valence-corrected chi connectivity index (χ0v) is 13.5. The third-order valence-electron chi connectivity index (χ3n) is 4.49. The first-order valence-electron chi connectivity index (χ1n) is 8.19. The fourth-order valence-corrected chi connectivity index (χ4v) is 3.16. The van der Waals surface area contributed by atoms with Gasteiger partial charge in [-0.05, 0) is 64.5 Å². The molecule has 0 radical (unpaired) electrons. The molecule has 4 nitrogen and oxygen atoms in total. The molecule has 4 heteroatoms. The quantitative estimate of drug-likeness (QED) is 0.928. The number of nitrogens with zero attached hydrogens (tertiary/aromatic N) is 2. The third-order valence-corrected chi connectivity index (χ3v) is 4.49. The van der Waals surface area contributed by atoms with Crippen molar-refractivity contribution < 1.29 is 4.74 Å². The third kappa shape index (κ3) is 3.80. The minimum absolute atomic E-state index is 0.198. The second-order valence-corrected chi connectivity index (χ2v) is 7.50. The van der Waals surface area contributed by atoms with Crippen molar-refractivity contribution in [2.75, 3.05) is 19.8 Å². The molecule has 21 heavy (non-hydrogen) atoms.